The lowest BCUT2D eigenvalue weighted by atomic mass is 10.2. The molecular formula is C21H29NO4Si. The summed E-state index contributed by atoms with van der Waals surface area (Å²) in [4.78, 5) is 11.5. The Balaban J connectivity index is 2.65. The quantitative estimate of drug-likeness (QED) is 0.565. The van der Waals surface area contributed by atoms with Crippen LogP contribution >= 0.6 is 0 Å². The zero-order valence-corrected chi connectivity index (χ0v) is 17.4. The maximum atomic E-state index is 11.5. The number of nitrogens with two attached hydrogens (primary N) is 1. The van der Waals surface area contributed by atoms with Crippen LogP contribution < -0.4 is 16.1 Å². The van der Waals surface area contributed by atoms with Crippen LogP contribution in [0.5, 0.6) is 0 Å². The van der Waals surface area contributed by atoms with Gasteiger partial charge in [-0.05, 0) is 22.3 Å². The molecule has 6 heteroatoms. The van der Waals surface area contributed by atoms with E-state index in [1.165, 1.54) is 0 Å². The fourth-order valence-corrected chi connectivity index (χ4v) is 7.97. The molecule has 2 aromatic carbocycles. The van der Waals surface area contributed by atoms with Gasteiger partial charge in [-0.3, -0.25) is 0 Å². The van der Waals surface area contributed by atoms with Gasteiger partial charge in [0.2, 0.25) is 0 Å². The van der Waals surface area contributed by atoms with E-state index >= 15 is 0 Å². The van der Waals surface area contributed by atoms with Crippen molar-refractivity contribution in [2.45, 2.75) is 51.5 Å². The summed E-state index contributed by atoms with van der Waals surface area (Å²) in [7, 11) is -2.89. The Morgan fingerprint density at radius 2 is 1.48 bits per heavy atom. The van der Waals surface area contributed by atoms with E-state index in [0.29, 0.717) is 0 Å². The molecule has 0 aliphatic heterocycles. The largest absolute Gasteiger partial charge is 0.421 e. The summed E-state index contributed by atoms with van der Waals surface area (Å²) >= 11 is 0. The molecule has 0 saturated heterocycles. The number of hydrogen-bond donors (Lipinski definition) is 2. The molecule has 0 radical (unpaired) electrons. The Kier molecular flexibility index (Phi) is 6.81. The monoisotopic (exact) mass is 387 g/mol. The summed E-state index contributed by atoms with van der Waals surface area (Å²) in [6.45, 7) is 8.01. The molecule has 0 spiro atoms. The maximum absolute atomic E-state index is 11.5. The smallest absolute Gasteiger partial charge is 0.406 e. The highest BCUT2D eigenvalue weighted by atomic mass is 28.4. The number of primary amides is 1. The lowest BCUT2D eigenvalue weighted by molar-refractivity contribution is -0.0602. The summed E-state index contributed by atoms with van der Waals surface area (Å²) in [5.74, 6) is 0. The van der Waals surface area contributed by atoms with Crippen molar-refractivity contribution in [2.75, 3.05) is 0 Å². The number of aliphatic hydroxyl groups excluding tert-OH is 1. The van der Waals surface area contributed by atoms with Gasteiger partial charge in [0.25, 0.3) is 8.32 Å². The van der Waals surface area contributed by atoms with E-state index in [2.05, 4.69) is 20.8 Å². The summed E-state index contributed by atoms with van der Waals surface area (Å²) in [5.41, 5.74) is 5.27. The summed E-state index contributed by atoms with van der Waals surface area (Å²) in [6.07, 6.45) is -2.41. The summed E-state index contributed by atoms with van der Waals surface area (Å²) in [5, 5.41) is 11.7. The molecule has 0 aliphatic rings. The van der Waals surface area contributed by atoms with E-state index < -0.39 is 26.8 Å². The molecule has 2 unspecified atom stereocenters. The van der Waals surface area contributed by atoms with E-state index in [9.17, 15) is 9.90 Å². The first kappa shape index (κ1) is 21.2. The Bertz CT molecular complexity index is 689. The van der Waals surface area contributed by atoms with Gasteiger partial charge in [0.1, 0.15) is 0 Å². The van der Waals surface area contributed by atoms with Crippen LogP contribution in [-0.4, -0.2) is 31.9 Å². The van der Waals surface area contributed by atoms with Crippen LogP contribution in [0.1, 0.15) is 34.1 Å². The van der Waals surface area contributed by atoms with E-state index in [0.717, 1.165) is 10.4 Å². The molecule has 1 amide bonds. The van der Waals surface area contributed by atoms with Crippen molar-refractivity contribution >= 4 is 24.8 Å². The van der Waals surface area contributed by atoms with Crippen molar-refractivity contribution in [2.24, 2.45) is 5.73 Å². The van der Waals surface area contributed by atoms with Crippen LogP contribution in [0.15, 0.2) is 60.7 Å². The topological polar surface area (TPSA) is 81.8 Å². The van der Waals surface area contributed by atoms with Crippen molar-refractivity contribution < 1.29 is 19.1 Å². The molecule has 0 bridgehead atoms. The molecular weight excluding hydrogens is 358 g/mol. The van der Waals surface area contributed by atoms with Crippen LogP contribution in [0.3, 0.4) is 0 Å². The van der Waals surface area contributed by atoms with Crippen molar-refractivity contribution in [1.29, 1.82) is 0 Å². The predicted molar refractivity (Wildman–Crippen MR) is 109 cm³/mol. The van der Waals surface area contributed by atoms with Gasteiger partial charge in [-0.1, -0.05) is 81.4 Å². The fraction of sp³-hybridized carbons (Fsp3) is 0.381. The molecule has 2 rings (SSSR count). The van der Waals surface area contributed by atoms with Crippen LogP contribution in [-0.2, 0) is 9.16 Å². The van der Waals surface area contributed by atoms with Gasteiger partial charge < -0.3 is 20.0 Å². The van der Waals surface area contributed by atoms with Crippen molar-refractivity contribution in [3.63, 3.8) is 0 Å². The second-order valence-corrected chi connectivity index (χ2v) is 12.0. The highest BCUT2D eigenvalue weighted by molar-refractivity contribution is 6.99. The van der Waals surface area contributed by atoms with Crippen molar-refractivity contribution in [3.8, 4) is 0 Å². The standard InChI is InChI=1S/C21H29NO4Si/c1-16(23)15-19(25-20(22)24)26-27(21(2,3)4,17-11-7-5-8-12-17)18-13-9-6-10-14-18/h5-14,16,19,23H,15H2,1-4H3,(H2,22,24). The number of carbonyl (C=O) groups excluding carboxylic acids is 1. The highest BCUT2D eigenvalue weighted by Crippen LogP contribution is 2.38. The maximum Gasteiger partial charge on any atom is 0.406 e. The third kappa shape index (κ3) is 4.97. The second kappa shape index (κ2) is 8.69. The summed E-state index contributed by atoms with van der Waals surface area (Å²) < 4.78 is 11.9. The van der Waals surface area contributed by atoms with Crippen molar-refractivity contribution in [3.05, 3.63) is 60.7 Å². The summed E-state index contributed by atoms with van der Waals surface area (Å²) in [6, 6.07) is 20.0. The Morgan fingerprint density at radius 3 is 1.81 bits per heavy atom. The number of carbonyl (C=O) groups is 1. The first-order valence-electron chi connectivity index (χ1n) is 9.10. The number of benzene rings is 2. The molecule has 0 aliphatic carbocycles. The highest BCUT2D eigenvalue weighted by Gasteiger charge is 2.52. The zero-order valence-electron chi connectivity index (χ0n) is 16.4. The van der Waals surface area contributed by atoms with E-state index in [1.54, 1.807) is 6.92 Å². The number of amides is 1. The van der Waals surface area contributed by atoms with Crippen LogP contribution in [0.2, 0.25) is 5.04 Å². The molecule has 2 atom stereocenters. The van der Waals surface area contributed by atoms with E-state index in [-0.39, 0.29) is 11.5 Å². The Labute approximate surface area is 162 Å². The average Bonchev–Trinajstić information content (AvgIpc) is 2.59. The third-order valence-corrected chi connectivity index (χ3v) is 9.53. The first-order valence-corrected chi connectivity index (χ1v) is 11.0. The fourth-order valence-electron chi connectivity index (χ4n) is 3.42. The second-order valence-electron chi connectivity index (χ2n) is 7.73. The lowest BCUT2D eigenvalue weighted by Gasteiger charge is -2.44. The lowest BCUT2D eigenvalue weighted by Crippen LogP contribution is -2.68. The number of ether oxygens (including phenoxy) is 1. The molecule has 3 N–H and O–H groups in total. The SMILES string of the molecule is CC(O)CC(OC(N)=O)O[Si](c1ccccc1)(c1ccccc1)C(C)(C)C. The van der Waals surface area contributed by atoms with Crippen molar-refractivity contribution in [1.82, 2.24) is 0 Å². The first-order chi connectivity index (χ1) is 12.7. The minimum absolute atomic E-state index is 0.146. The zero-order chi connectivity index (χ0) is 20.1. The van der Waals surface area contributed by atoms with Gasteiger partial charge >= 0.3 is 6.09 Å². The van der Waals surface area contributed by atoms with Gasteiger partial charge in [-0.2, -0.15) is 0 Å². The molecule has 0 saturated carbocycles. The Hall–Kier alpha value is -2.15. The average molecular weight is 388 g/mol. The van der Waals surface area contributed by atoms with Gasteiger partial charge in [0, 0.05) is 6.42 Å². The van der Waals surface area contributed by atoms with Gasteiger partial charge in [0.15, 0.2) is 6.29 Å². The predicted octanol–water partition coefficient (Wildman–Crippen LogP) is 2.76. The van der Waals surface area contributed by atoms with Crippen LogP contribution in [0, 0.1) is 0 Å². The molecule has 0 fully saturated rings. The minimum Gasteiger partial charge on any atom is -0.421 e. The van der Waals surface area contributed by atoms with Gasteiger partial charge in [-0.15, -0.1) is 0 Å². The van der Waals surface area contributed by atoms with Gasteiger partial charge in [0.05, 0.1) is 6.10 Å². The van der Waals surface area contributed by atoms with Crippen LogP contribution in [0.25, 0.3) is 0 Å². The normalized spacial score (nSPS) is 14.4. The molecule has 0 aromatic heterocycles. The molecule has 27 heavy (non-hydrogen) atoms. The number of rotatable bonds is 7. The third-order valence-electron chi connectivity index (χ3n) is 4.51. The van der Waals surface area contributed by atoms with Gasteiger partial charge in [-0.25, -0.2) is 4.79 Å². The minimum atomic E-state index is -2.89. The number of hydrogen-bond acceptors (Lipinski definition) is 4. The van der Waals surface area contributed by atoms with E-state index in [1.807, 2.05) is 60.7 Å². The van der Waals surface area contributed by atoms with E-state index in [4.69, 9.17) is 14.9 Å². The molecule has 2 aromatic rings. The number of aliphatic hydroxyl groups is 1. The molecule has 5 nitrogen and oxygen atoms in total. The molecule has 146 valence electrons. The molecule has 0 heterocycles. The van der Waals surface area contributed by atoms with Crippen LogP contribution in [0.4, 0.5) is 4.79 Å². The Morgan fingerprint density at radius 1 is 1.04 bits per heavy atom.